The summed E-state index contributed by atoms with van der Waals surface area (Å²) in [6, 6.07) is 15.3. The molecule has 2 aromatic heterocycles. The standard InChI is InChI=1S/C28H32N6O3S/c1-19-18-37-16-15-34(19)24-17-23(28(12-13-28)38(36)25-7-2-3-14-29-25)32-26(33-24)20-8-10-22(11-9-20)31-27(35)30-21-5-4-6-21/h2-3,7-11,14,17,19,21H,4-6,12-13,15-16,18H2,1H3,(H2,30,31,35)/t19-,38?/m0/s1. The third-order valence-corrected chi connectivity index (χ3v) is 9.52. The zero-order chi connectivity index (χ0) is 26.1. The topological polar surface area (TPSA) is 109 Å². The number of rotatable bonds is 7. The molecule has 2 aliphatic carbocycles. The number of morpholine rings is 1. The van der Waals surface area contributed by atoms with Crippen LogP contribution in [-0.4, -0.2) is 57.0 Å². The quantitative estimate of drug-likeness (QED) is 0.469. The molecule has 0 spiro atoms. The van der Waals surface area contributed by atoms with E-state index in [0.717, 1.165) is 49.3 Å². The smallest absolute Gasteiger partial charge is 0.319 e. The maximum atomic E-state index is 13.7. The summed E-state index contributed by atoms with van der Waals surface area (Å²) in [7, 11) is -1.33. The lowest BCUT2D eigenvalue weighted by Gasteiger charge is -2.34. The number of nitrogens with zero attached hydrogens (tertiary/aromatic N) is 4. The van der Waals surface area contributed by atoms with Crippen molar-refractivity contribution in [1.29, 1.82) is 0 Å². The lowest BCUT2D eigenvalue weighted by molar-refractivity contribution is 0.0985. The maximum absolute atomic E-state index is 13.7. The Balaban J connectivity index is 1.32. The van der Waals surface area contributed by atoms with Crippen LogP contribution in [0.5, 0.6) is 0 Å². The summed E-state index contributed by atoms with van der Waals surface area (Å²) < 4.78 is 18.8. The lowest BCUT2D eigenvalue weighted by Crippen LogP contribution is -2.44. The van der Waals surface area contributed by atoms with Crippen molar-refractivity contribution in [1.82, 2.24) is 20.3 Å². The first-order chi connectivity index (χ1) is 18.5. The Kier molecular flexibility index (Phi) is 6.84. The number of amides is 2. The number of hydrogen-bond acceptors (Lipinski definition) is 7. The molecule has 10 heteroatoms. The lowest BCUT2D eigenvalue weighted by atomic mass is 9.93. The van der Waals surface area contributed by atoms with Gasteiger partial charge in [-0.3, -0.25) is 4.21 Å². The molecular formula is C28H32N6O3S. The average Bonchev–Trinajstić information content (AvgIpc) is 3.74. The highest BCUT2D eigenvalue weighted by Crippen LogP contribution is 2.52. The Morgan fingerprint density at radius 1 is 1.13 bits per heavy atom. The normalized spacial score (nSPS) is 21.3. The molecule has 1 aliphatic heterocycles. The predicted octanol–water partition coefficient (Wildman–Crippen LogP) is 4.23. The summed E-state index contributed by atoms with van der Waals surface area (Å²) in [5, 5.41) is 6.47. The first-order valence-corrected chi connectivity index (χ1v) is 14.4. The van der Waals surface area contributed by atoms with Crippen molar-refractivity contribution in [3.8, 4) is 11.4 Å². The predicted molar refractivity (Wildman–Crippen MR) is 146 cm³/mol. The van der Waals surface area contributed by atoms with Crippen molar-refractivity contribution in [2.75, 3.05) is 30.0 Å². The molecule has 0 bridgehead atoms. The first kappa shape index (κ1) is 24.9. The molecule has 38 heavy (non-hydrogen) atoms. The summed E-state index contributed by atoms with van der Waals surface area (Å²) in [4.78, 5) is 28.8. The van der Waals surface area contributed by atoms with E-state index in [-0.39, 0.29) is 18.1 Å². The van der Waals surface area contributed by atoms with Crippen molar-refractivity contribution in [3.63, 3.8) is 0 Å². The Hall–Kier alpha value is -3.37. The number of pyridine rings is 1. The van der Waals surface area contributed by atoms with E-state index in [0.29, 0.717) is 29.8 Å². The molecule has 1 saturated heterocycles. The summed E-state index contributed by atoms with van der Waals surface area (Å²) in [6.07, 6.45) is 6.49. The Morgan fingerprint density at radius 3 is 2.61 bits per heavy atom. The van der Waals surface area contributed by atoms with E-state index in [2.05, 4.69) is 27.4 Å². The molecule has 1 aromatic carbocycles. The van der Waals surface area contributed by atoms with Crippen LogP contribution in [0.1, 0.15) is 44.7 Å². The molecule has 3 fully saturated rings. The van der Waals surface area contributed by atoms with Crippen LogP contribution in [0.3, 0.4) is 0 Å². The molecule has 2 N–H and O–H groups in total. The van der Waals surface area contributed by atoms with E-state index >= 15 is 0 Å². The SMILES string of the molecule is C[C@H]1COCCN1c1cc(C2(S(=O)c3ccccn3)CC2)nc(-c2ccc(NC(=O)NC3CCC3)cc2)n1. The third-order valence-electron chi connectivity index (χ3n) is 7.57. The van der Waals surface area contributed by atoms with Gasteiger partial charge >= 0.3 is 6.03 Å². The van der Waals surface area contributed by atoms with E-state index in [4.69, 9.17) is 14.7 Å². The molecule has 1 unspecified atom stereocenters. The van der Waals surface area contributed by atoms with Crippen LogP contribution in [0.15, 0.2) is 59.8 Å². The minimum Gasteiger partial charge on any atom is -0.377 e. The monoisotopic (exact) mass is 532 g/mol. The Bertz CT molecular complexity index is 1330. The van der Waals surface area contributed by atoms with Gasteiger partial charge in [0.15, 0.2) is 5.82 Å². The van der Waals surface area contributed by atoms with Crippen LogP contribution in [0.4, 0.5) is 16.3 Å². The minimum atomic E-state index is -1.33. The van der Waals surface area contributed by atoms with Gasteiger partial charge in [-0.2, -0.15) is 0 Å². The van der Waals surface area contributed by atoms with Gasteiger partial charge in [0.1, 0.15) is 10.8 Å². The molecule has 198 valence electrons. The molecule has 3 aromatic rings. The van der Waals surface area contributed by atoms with Gasteiger partial charge in [0, 0.05) is 36.1 Å². The number of carbonyl (C=O) groups excluding carboxylic acids is 1. The van der Waals surface area contributed by atoms with Crippen LogP contribution < -0.4 is 15.5 Å². The molecule has 2 saturated carbocycles. The van der Waals surface area contributed by atoms with E-state index < -0.39 is 15.5 Å². The van der Waals surface area contributed by atoms with Gasteiger partial charge in [0.2, 0.25) is 0 Å². The Labute approximate surface area is 224 Å². The second kappa shape index (κ2) is 10.4. The van der Waals surface area contributed by atoms with Crippen molar-refractivity contribution in [3.05, 3.63) is 60.4 Å². The second-order valence-electron chi connectivity index (χ2n) is 10.3. The molecule has 3 heterocycles. The van der Waals surface area contributed by atoms with Crippen molar-refractivity contribution in [2.45, 2.75) is 60.9 Å². The van der Waals surface area contributed by atoms with Gasteiger partial charge in [-0.05, 0) is 75.4 Å². The number of benzene rings is 1. The van der Waals surface area contributed by atoms with E-state index in [1.165, 1.54) is 6.42 Å². The van der Waals surface area contributed by atoms with Gasteiger partial charge in [-0.15, -0.1) is 0 Å². The fraction of sp³-hybridized carbons (Fsp3) is 0.429. The molecule has 3 aliphatic rings. The molecule has 6 rings (SSSR count). The Morgan fingerprint density at radius 2 is 1.95 bits per heavy atom. The molecular weight excluding hydrogens is 500 g/mol. The van der Waals surface area contributed by atoms with E-state index in [1.807, 2.05) is 48.5 Å². The second-order valence-corrected chi connectivity index (χ2v) is 12.0. The van der Waals surface area contributed by atoms with Crippen molar-refractivity contribution >= 4 is 28.3 Å². The zero-order valence-corrected chi connectivity index (χ0v) is 22.2. The minimum absolute atomic E-state index is 0.163. The summed E-state index contributed by atoms with van der Waals surface area (Å²) >= 11 is 0. The van der Waals surface area contributed by atoms with Crippen molar-refractivity contribution in [2.24, 2.45) is 0 Å². The number of aromatic nitrogens is 3. The largest absolute Gasteiger partial charge is 0.377 e. The van der Waals surface area contributed by atoms with Gasteiger partial charge in [-0.1, -0.05) is 6.07 Å². The van der Waals surface area contributed by atoms with Crippen LogP contribution in [0, 0.1) is 0 Å². The first-order valence-electron chi connectivity index (χ1n) is 13.3. The van der Waals surface area contributed by atoms with Crippen LogP contribution in [0.2, 0.25) is 0 Å². The molecule has 2 amide bonds. The van der Waals surface area contributed by atoms with Gasteiger partial charge in [-0.25, -0.2) is 19.7 Å². The number of hydrogen-bond donors (Lipinski definition) is 2. The van der Waals surface area contributed by atoms with Gasteiger partial charge in [0.05, 0.1) is 40.5 Å². The highest BCUT2D eigenvalue weighted by Gasteiger charge is 2.53. The van der Waals surface area contributed by atoms with Gasteiger partial charge in [0.25, 0.3) is 0 Å². The summed E-state index contributed by atoms with van der Waals surface area (Å²) in [6.45, 7) is 4.11. The number of ether oxygens (including phenoxy) is 1. The number of urea groups is 1. The van der Waals surface area contributed by atoms with E-state index in [9.17, 15) is 9.00 Å². The maximum Gasteiger partial charge on any atom is 0.319 e. The molecule has 9 nitrogen and oxygen atoms in total. The fourth-order valence-electron chi connectivity index (χ4n) is 4.93. The highest BCUT2D eigenvalue weighted by molar-refractivity contribution is 7.86. The van der Waals surface area contributed by atoms with E-state index in [1.54, 1.807) is 6.20 Å². The average molecular weight is 533 g/mol. The number of carbonyl (C=O) groups is 1. The fourth-order valence-corrected chi connectivity index (χ4v) is 6.45. The van der Waals surface area contributed by atoms with Crippen LogP contribution in [-0.2, 0) is 20.3 Å². The van der Waals surface area contributed by atoms with Crippen LogP contribution in [0.25, 0.3) is 11.4 Å². The highest BCUT2D eigenvalue weighted by atomic mass is 32.2. The molecule has 0 radical (unpaired) electrons. The van der Waals surface area contributed by atoms with Gasteiger partial charge < -0.3 is 20.3 Å². The molecule has 2 atom stereocenters. The van der Waals surface area contributed by atoms with Crippen LogP contribution >= 0.6 is 0 Å². The zero-order valence-electron chi connectivity index (χ0n) is 21.4. The summed E-state index contributed by atoms with van der Waals surface area (Å²) in [5.41, 5.74) is 2.32. The number of nitrogens with one attached hydrogen (secondary N) is 2. The third kappa shape index (κ3) is 5.02. The summed E-state index contributed by atoms with van der Waals surface area (Å²) in [5.74, 6) is 1.39. The van der Waals surface area contributed by atoms with Crippen molar-refractivity contribution < 1.29 is 13.7 Å². The number of anilines is 2.